The number of ether oxygens (including phenoxy) is 2. The molecule has 1 heterocycles. The number of carbonyl (C=O) groups excluding carboxylic acids is 1. The van der Waals surface area contributed by atoms with Crippen molar-refractivity contribution in [3.05, 3.63) is 0 Å². The van der Waals surface area contributed by atoms with Gasteiger partial charge in [0.05, 0.1) is 18.8 Å². The molecule has 1 saturated heterocycles. The lowest BCUT2D eigenvalue weighted by Gasteiger charge is -2.13. The second-order valence-corrected chi connectivity index (χ2v) is 4.20. The van der Waals surface area contributed by atoms with Gasteiger partial charge in [-0.25, -0.2) is 0 Å². The van der Waals surface area contributed by atoms with Gasteiger partial charge in [-0.05, 0) is 26.2 Å². The van der Waals surface area contributed by atoms with E-state index in [0.29, 0.717) is 19.6 Å². The summed E-state index contributed by atoms with van der Waals surface area (Å²) in [4.78, 5) is 11.6. The summed E-state index contributed by atoms with van der Waals surface area (Å²) in [5.41, 5.74) is 0. The lowest BCUT2D eigenvalue weighted by molar-refractivity contribution is -0.131. The van der Waals surface area contributed by atoms with Crippen molar-refractivity contribution >= 4 is 5.91 Å². The van der Waals surface area contributed by atoms with E-state index in [2.05, 4.69) is 5.32 Å². The van der Waals surface area contributed by atoms with Crippen LogP contribution in [0, 0.1) is 0 Å². The van der Waals surface area contributed by atoms with E-state index >= 15 is 0 Å². The Balaban J connectivity index is 2.11. The Morgan fingerprint density at radius 2 is 2.38 bits per heavy atom. The number of amides is 1. The minimum Gasteiger partial charge on any atom is -0.391 e. The number of nitrogens with one attached hydrogen (secondary N) is 1. The highest BCUT2D eigenvalue weighted by atomic mass is 16.5. The Hall–Kier alpha value is -0.650. The lowest BCUT2D eigenvalue weighted by atomic mass is 10.2. The van der Waals surface area contributed by atoms with Gasteiger partial charge in [-0.3, -0.25) is 4.79 Å². The number of carbonyl (C=O) groups is 1. The summed E-state index contributed by atoms with van der Waals surface area (Å²) in [7, 11) is 1.54. The second-order valence-electron chi connectivity index (χ2n) is 4.20. The molecule has 2 N–H and O–H groups in total. The first-order chi connectivity index (χ1) is 7.63. The van der Waals surface area contributed by atoms with Crippen molar-refractivity contribution in [2.24, 2.45) is 0 Å². The van der Waals surface area contributed by atoms with E-state index in [-0.39, 0.29) is 18.1 Å². The third kappa shape index (κ3) is 4.47. The number of hydrogen-bond acceptors (Lipinski definition) is 4. The minimum absolute atomic E-state index is 0.0750. The van der Waals surface area contributed by atoms with Gasteiger partial charge in [0, 0.05) is 13.7 Å². The van der Waals surface area contributed by atoms with Crippen LogP contribution in [0.3, 0.4) is 0 Å². The van der Waals surface area contributed by atoms with Gasteiger partial charge in [0.15, 0.2) is 0 Å². The van der Waals surface area contributed by atoms with Crippen LogP contribution < -0.4 is 5.32 Å². The van der Waals surface area contributed by atoms with E-state index in [0.717, 1.165) is 12.8 Å². The molecule has 0 aromatic carbocycles. The van der Waals surface area contributed by atoms with Gasteiger partial charge in [0.25, 0.3) is 0 Å². The molecule has 0 aromatic rings. The summed E-state index contributed by atoms with van der Waals surface area (Å²) >= 11 is 0. The maximum absolute atomic E-state index is 11.6. The van der Waals surface area contributed by atoms with Gasteiger partial charge >= 0.3 is 0 Å². The van der Waals surface area contributed by atoms with Crippen LogP contribution in [-0.2, 0) is 14.3 Å². The van der Waals surface area contributed by atoms with Crippen LogP contribution in [-0.4, -0.2) is 49.6 Å². The predicted octanol–water partition coefficient (Wildman–Crippen LogP) is 0.0675. The van der Waals surface area contributed by atoms with E-state index < -0.39 is 6.10 Å². The van der Waals surface area contributed by atoms with Gasteiger partial charge in [-0.15, -0.1) is 0 Å². The quantitative estimate of drug-likeness (QED) is 0.678. The fourth-order valence-corrected chi connectivity index (χ4v) is 1.75. The zero-order valence-electron chi connectivity index (χ0n) is 9.94. The smallest absolute Gasteiger partial charge is 0.249 e. The number of methoxy groups -OCH3 is 1. The van der Waals surface area contributed by atoms with Crippen LogP contribution in [0.4, 0.5) is 0 Å². The first-order valence-electron chi connectivity index (χ1n) is 5.73. The van der Waals surface area contributed by atoms with Crippen molar-refractivity contribution in [1.29, 1.82) is 0 Å². The van der Waals surface area contributed by atoms with Crippen LogP contribution in [0.25, 0.3) is 0 Å². The van der Waals surface area contributed by atoms with Crippen molar-refractivity contribution in [3.8, 4) is 0 Å². The molecule has 0 radical (unpaired) electrons. The molecule has 1 aliphatic rings. The maximum atomic E-state index is 11.6. The van der Waals surface area contributed by atoms with E-state index in [4.69, 9.17) is 9.47 Å². The first kappa shape index (κ1) is 13.4. The Labute approximate surface area is 96.1 Å². The predicted molar refractivity (Wildman–Crippen MR) is 59.1 cm³/mol. The molecule has 1 fully saturated rings. The van der Waals surface area contributed by atoms with Crippen molar-refractivity contribution < 1.29 is 19.4 Å². The topological polar surface area (TPSA) is 67.8 Å². The van der Waals surface area contributed by atoms with Crippen molar-refractivity contribution in [3.63, 3.8) is 0 Å². The average molecular weight is 231 g/mol. The Bertz CT molecular complexity index is 222. The Kier molecular flexibility index (Phi) is 5.73. The molecular weight excluding hydrogens is 210 g/mol. The van der Waals surface area contributed by atoms with Crippen LogP contribution in [0.15, 0.2) is 0 Å². The molecule has 1 rings (SSSR count). The molecule has 3 atom stereocenters. The zero-order chi connectivity index (χ0) is 12.0. The molecule has 1 amide bonds. The Morgan fingerprint density at radius 3 is 2.94 bits per heavy atom. The van der Waals surface area contributed by atoms with E-state index in [1.165, 1.54) is 7.11 Å². The Morgan fingerprint density at radius 1 is 1.62 bits per heavy atom. The molecule has 16 heavy (non-hydrogen) atoms. The summed E-state index contributed by atoms with van der Waals surface area (Å²) in [6.07, 6.45) is 1.57. The maximum Gasteiger partial charge on any atom is 0.249 e. The summed E-state index contributed by atoms with van der Waals surface area (Å²) in [6.45, 7) is 2.72. The molecule has 0 saturated carbocycles. The van der Waals surface area contributed by atoms with Gasteiger partial charge in [0.2, 0.25) is 5.91 Å². The number of aliphatic hydroxyl groups excluding tert-OH is 1. The molecule has 94 valence electrons. The molecule has 5 heteroatoms. The SMILES string of the molecule is COCC(O)CCNC(=O)C1CCC(C)O1. The molecule has 5 nitrogen and oxygen atoms in total. The molecule has 0 spiro atoms. The summed E-state index contributed by atoms with van der Waals surface area (Å²) in [5, 5.41) is 12.1. The number of aliphatic hydroxyl groups is 1. The highest BCUT2D eigenvalue weighted by Crippen LogP contribution is 2.18. The largest absolute Gasteiger partial charge is 0.391 e. The fourth-order valence-electron chi connectivity index (χ4n) is 1.75. The monoisotopic (exact) mass is 231 g/mol. The van der Waals surface area contributed by atoms with E-state index in [1.807, 2.05) is 6.92 Å². The van der Waals surface area contributed by atoms with Crippen LogP contribution in [0.1, 0.15) is 26.2 Å². The standard InChI is InChI=1S/C11H21NO4/c1-8-3-4-10(16-8)11(14)12-6-5-9(13)7-15-2/h8-10,13H,3-7H2,1-2H3,(H,12,14). The molecule has 0 bridgehead atoms. The van der Waals surface area contributed by atoms with Crippen LogP contribution in [0.5, 0.6) is 0 Å². The molecule has 1 aliphatic heterocycles. The zero-order valence-corrected chi connectivity index (χ0v) is 9.94. The highest BCUT2D eigenvalue weighted by molar-refractivity contribution is 5.80. The third-order valence-corrected chi connectivity index (χ3v) is 2.66. The second kappa shape index (κ2) is 6.83. The van der Waals surface area contributed by atoms with Crippen molar-refractivity contribution in [1.82, 2.24) is 5.32 Å². The van der Waals surface area contributed by atoms with Gasteiger partial charge in [-0.2, -0.15) is 0 Å². The number of rotatable bonds is 6. The van der Waals surface area contributed by atoms with Crippen molar-refractivity contribution in [2.75, 3.05) is 20.3 Å². The van der Waals surface area contributed by atoms with E-state index in [9.17, 15) is 9.90 Å². The van der Waals surface area contributed by atoms with Gasteiger partial charge in [-0.1, -0.05) is 0 Å². The van der Waals surface area contributed by atoms with Crippen LogP contribution in [0.2, 0.25) is 0 Å². The lowest BCUT2D eigenvalue weighted by Crippen LogP contribution is -2.36. The van der Waals surface area contributed by atoms with E-state index in [1.54, 1.807) is 0 Å². The summed E-state index contributed by atoms with van der Waals surface area (Å²) in [5.74, 6) is -0.0750. The van der Waals surface area contributed by atoms with Crippen molar-refractivity contribution in [2.45, 2.75) is 44.5 Å². The number of hydrogen-bond donors (Lipinski definition) is 2. The molecular formula is C11H21NO4. The molecule has 0 aromatic heterocycles. The fraction of sp³-hybridized carbons (Fsp3) is 0.909. The summed E-state index contributed by atoms with van der Waals surface area (Å²) in [6, 6.07) is 0. The summed E-state index contributed by atoms with van der Waals surface area (Å²) < 4.78 is 10.2. The minimum atomic E-state index is -0.520. The molecule has 3 unspecified atom stereocenters. The molecule has 0 aliphatic carbocycles. The van der Waals surface area contributed by atoms with Gasteiger partial charge < -0.3 is 19.9 Å². The van der Waals surface area contributed by atoms with Gasteiger partial charge in [0.1, 0.15) is 6.10 Å². The normalized spacial score (nSPS) is 26.7. The highest BCUT2D eigenvalue weighted by Gasteiger charge is 2.27. The average Bonchev–Trinajstić information content (AvgIpc) is 2.65. The third-order valence-electron chi connectivity index (χ3n) is 2.66. The van der Waals surface area contributed by atoms with Crippen LogP contribution >= 0.6 is 0 Å². The first-order valence-corrected chi connectivity index (χ1v) is 5.73.